The van der Waals surface area contributed by atoms with Crippen LogP contribution in [0, 0.1) is 11.8 Å². The molecule has 1 aliphatic carbocycles. The molecule has 3 unspecified atom stereocenters. The van der Waals surface area contributed by atoms with Gasteiger partial charge < -0.3 is 4.74 Å². The Balaban J connectivity index is 1.86. The van der Waals surface area contributed by atoms with Crippen molar-refractivity contribution in [2.45, 2.75) is 84.2 Å². The first-order chi connectivity index (χ1) is 9.24. The summed E-state index contributed by atoms with van der Waals surface area (Å²) >= 11 is 3.48. The summed E-state index contributed by atoms with van der Waals surface area (Å²) in [5, 5.41) is 1.17. The van der Waals surface area contributed by atoms with Crippen LogP contribution in [-0.4, -0.2) is 18.0 Å². The largest absolute Gasteiger partial charge is 0.378 e. The molecule has 0 N–H and O–H groups in total. The highest BCUT2D eigenvalue weighted by Crippen LogP contribution is 2.30. The Hall–Kier alpha value is 0.440. The van der Waals surface area contributed by atoms with Crippen LogP contribution in [0.1, 0.15) is 78.1 Å². The third-order valence-electron chi connectivity index (χ3n) is 4.68. The van der Waals surface area contributed by atoms with E-state index in [0.717, 1.165) is 18.4 Å². The second-order valence-electron chi connectivity index (χ2n) is 6.42. The molecule has 0 heterocycles. The third-order valence-corrected chi connectivity index (χ3v) is 5.24. The summed E-state index contributed by atoms with van der Waals surface area (Å²) < 4.78 is 6.04. The van der Waals surface area contributed by atoms with Gasteiger partial charge in [-0.05, 0) is 43.9 Å². The quantitative estimate of drug-likeness (QED) is 0.354. The molecule has 1 rings (SSSR count). The predicted molar refractivity (Wildman–Crippen MR) is 88.0 cm³/mol. The van der Waals surface area contributed by atoms with E-state index in [1.165, 1.54) is 69.5 Å². The smallest absolute Gasteiger partial charge is 0.0577 e. The maximum absolute atomic E-state index is 6.04. The Morgan fingerprint density at radius 1 is 0.842 bits per heavy atom. The zero-order valence-electron chi connectivity index (χ0n) is 13.0. The Labute approximate surface area is 129 Å². The van der Waals surface area contributed by atoms with E-state index in [4.69, 9.17) is 4.74 Å². The Morgan fingerprint density at radius 3 is 2.11 bits per heavy atom. The van der Waals surface area contributed by atoms with Gasteiger partial charge in [-0.3, -0.25) is 0 Å². The number of alkyl halides is 1. The van der Waals surface area contributed by atoms with Gasteiger partial charge in [0, 0.05) is 11.9 Å². The van der Waals surface area contributed by atoms with Crippen molar-refractivity contribution in [2.75, 3.05) is 11.9 Å². The minimum absolute atomic E-state index is 0.560. The minimum atomic E-state index is 0.560. The summed E-state index contributed by atoms with van der Waals surface area (Å²) in [6.45, 7) is 5.76. The van der Waals surface area contributed by atoms with Gasteiger partial charge in [0.2, 0.25) is 0 Å². The van der Waals surface area contributed by atoms with Gasteiger partial charge >= 0.3 is 0 Å². The molecule has 0 aromatic carbocycles. The van der Waals surface area contributed by atoms with Crippen LogP contribution in [0.5, 0.6) is 0 Å². The van der Waals surface area contributed by atoms with Gasteiger partial charge in [0.05, 0.1) is 6.10 Å². The maximum atomic E-state index is 6.04. The predicted octanol–water partition coefficient (Wildman–Crippen LogP) is 5.95. The van der Waals surface area contributed by atoms with Gasteiger partial charge in [-0.1, -0.05) is 61.9 Å². The van der Waals surface area contributed by atoms with E-state index < -0.39 is 0 Å². The topological polar surface area (TPSA) is 9.23 Å². The second-order valence-corrected chi connectivity index (χ2v) is 7.22. The van der Waals surface area contributed by atoms with E-state index in [2.05, 4.69) is 29.8 Å². The highest BCUT2D eigenvalue weighted by molar-refractivity contribution is 9.09. The molecule has 19 heavy (non-hydrogen) atoms. The van der Waals surface area contributed by atoms with Crippen LogP contribution in [0.25, 0.3) is 0 Å². The van der Waals surface area contributed by atoms with Crippen molar-refractivity contribution in [2.24, 2.45) is 11.8 Å². The van der Waals surface area contributed by atoms with E-state index in [1.54, 1.807) is 0 Å². The number of rotatable bonds is 10. The molecule has 0 saturated heterocycles. The van der Waals surface area contributed by atoms with Gasteiger partial charge in [0.25, 0.3) is 0 Å². The molecule has 0 amide bonds. The third kappa shape index (κ3) is 8.34. The Bertz CT molecular complexity index is 207. The molecular formula is C17H33BrO. The first-order valence-corrected chi connectivity index (χ1v) is 9.53. The molecule has 114 valence electrons. The van der Waals surface area contributed by atoms with Crippen molar-refractivity contribution in [1.29, 1.82) is 0 Å². The van der Waals surface area contributed by atoms with Crippen molar-refractivity contribution in [3.63, 3.8) is 0 Å². The lowest BCUT2D eigenvalue weighted by Gasteiger charge is -2.32. The first kappa shape index (κ1) is 17.5. The highest BCUT2D eigenvalue weighted by atomic mass is 79.9. The van der Waals surface area contributed by atoms with E-state index >= 15 is 0 Å². The summed E-state index contributed by atoms with van der Waals surface area (Å²) in [6, 6.07) is 0. The van der Waals surface area contributed by atoms with Crippen molar-refractivity contribution in [1.82, 2.24) is 0 Å². The fourth-order valence-electron chi connectivity index (χ4n) is 2.98. The molecule has 0 aromatic rings. The summed E-state index contributed by atoms with van der Waals surface area (Å²) in [7, 11) is 0. The first-order valence-electron chi connectivity index (χ1n) is 8.41. The van der Waals surface area contributed by atoms with Crippen molar-refractivity contribution in [3.8, 4) is 0 Å². The van der Waals surface area contributed by atoms with Crippen LogP contribution >= 0.6 is 15.9 Å². The fourth-order valence-corrected chi connectivity index (χ4v) is 3.38. The molecule has 1 aliphatic rings. The molecule has 1 nitrogen and oxygen atoms in total. The van der Waals surface area contributed by atoms with Gasteiger partial charge in [-0.15, -0.1) is 0 Å². The number of hydrogen-bond donors (Lipinski definition) is 0. The second kappa shape index (κ2) is 11.1. The van der Waals surface area contributed by atoms with Crippen LogP contribution < -0.4 is 0 Å². The number of ether oxygens (including phenoxy) is 1. The lowest BCUT2D eigenvalue weighted by Crippen LogP contribution is -2.26. The molecule has 2 heteroatoms. The minimum Gasteiger partial charge on any atom is -0.378 e. The lowest BCUT2D eigenvalue weighted by atomic mass is 9.80. The van der Waals surface area contributed by atoms with Crippen molar-refractivity contribution < 1.29 is 4.74 Å². The average Bonchev–Trinajstić information content (AvgIpc) is 2.41. The molecular weight excluding hydrogens is 300 g/mol. The highest BCUT2D eigenvalue weighted by Gasteiger charge is 2.24. The SMILES string of the molecule is CC1CCC(OCCCCCCCCCBr)CC1C. The number of halogens is 1. The van der Waals surface area contributed by atoms with Crippen LogP contribution in [0.2, 0.25) is 0 Å². The number of hydrogen-bond acceptors (Lipinski definition) is 1. The van der Waals surface area contributed by atoms with Gasteiger partial charge in [0.15, 0.2) is 0 Å². The zero-order valence-corrected chi connectivity index (χ0v) is 14.6. The van der Waals surface area contributed by atoms with Crippen molar-refractivity contribution >= 4 is 15.9 Å². The summed E-state index contributed by atoms with van der Waals surface area (Å²) in [6.07, 6.45) is 14.0. The molecule has 3 atom stereocenters. The lowest BCUT2D eigenvalue weighted by molar-refractivity contribution is 0.000993. The van der Waals surface area contributed by atoms with Gasteiger partial charge in [-0.2, -0.15) is 0 Å². The standard InChI is InChI=1S/C17H33BrO/c1-15-10-11-17(14-16(15)2)19-13-9-7-5-3-4-6-8-12-18/h15-17H,3-14H2,1-2H3. The van der Waals surface area contributed by atoms with Crippen LogP contribution in [0.4, 0.5) is 0 Å². The summed E-state index contributed by atoms with van der Waals surface area (Å²) in [5.74, 6) is 1.76. The molecule has 1 saturated carbocycles. The van der Waals surface area contributed by atoms with Gasteiger partial charge in [0.1, 0.15) is 0 Å². The summed E-state index contributed by atoms with van der Waals surface area (Å²) in [4.78, 5) is 0. The Kier molecular flexibility index (Phi) is 10.3. The molecule has 0 aliphatic heterocycles. The zero-order chi connectivity index (χ0) is 13.9. The normalized spacial score (nSPS) is 27.6. The average molecular weight is 333 g/mol. The molecule has 0 bridgehead atoms. The summed E-state index contributed by atoms with van der Waals surface area (Å²) in [5.41, 5.74) is 0. The molecule has 0 radical (unpaired) electrons. The number of unbranched alkanes of at least 4 members (excludes halogenated alkanes) is 6. The molecule has 0 spiro atoms. The van der Waals surface area contributed by atoms with E-state index in [-0.39, 0.29) is 0 Å². The van der Waals surface area contributed by atoms with E-state index in [0.29, 0.717) is 6.10 Å². The van der Waals surface area contributed by atoms with E-state index in [9.17, 15) is 0 Å². The monoisotopic (exact) mass is 332 g/mol. The van der Waals surface area contributed by atoms with Crippen molar-refractivity contribution in [3.05, 3.63) is 0 Å². The Morgan fingerprint density at radius 2 is 1.47 bits per heavy atom. The van der Waals surface area contributed by atoms with Gasteiger partial charge in [-0.25, -0.2) is 0 Å². The maximum Gasteiger partial charge on any atom is 0.0577 e. The molecule has 1 fully saturated rings. The van der Waals surface area contributed by atoms with Crippen LogP contribution in [0.15, 0.2) is 0 Å². The van der Waals surface area contributed by atoms with Crippen LogP contribution in [0.3, 0.4) is 0 Å². The van der Waals surface area contributed by atoms with E-state index in [1.807, 2.05) is 0 Å². The fraction of sp³-hybridized carbons (Fsp3) is 1.00. The van der Waals surface area contributed by atoms with Crippen LogP contribution in [-0.2, 0) is 4.74 Å². The molecule has 0 aromatic heterocycles.